The molecular weight excluding hydrogens is 251 g/mol. The lowest BCUT2D eigenvalue weighted by Gasteiger charge is -2.23. The van der Waals surface area contributed by atoms with Gasteiger partial charge in [0, 0.05) is 0 Å². The fraction of sp³-hybridized carbons (Fsp3) is 0.692. The van der Waals surface area contributed by atoms with Crippen LogP contribution in [0.15, 0.2) is 17.4 Å². The number of allylic oxidation sites excluding steroid dienone is 1. The number of carbonyl (C=O) groups is 1. The van der Waals surface area contributed by atoms with Crippen molar-refractivity contribution in [3.05, 3.63) is 17.4 Å². The Bertz CT molecular complexity index is 389. The quantitative estimate of drug-likeness (QED) is 0.521. The first-order valence-corrected chi connectivity index (χ1v) is 7.59. The number of hydrogen-bond acceptors (Lipinski definition) is 4. The van der Waals surface area contributed by atoms with Crippen LogP contribution in [0.4, 0.5) is 0 Å². The molecule has 0 aromatic heterocycles. The first-order chi connectivity index (χ1) is 8.19. The van der Waals surface area contributed by atoms with E-state index in [-0.39, 0.29) is 13.2 Å². The Hall–Kier alpha value is -0.660. The minimum atomic E-state index is -3.71. The van der Waals surface area contributed by atoms with Crippen LogP contribution in [-0.2, 0) is 18.4 Å². The highest BCUT2D eigenvalue weighted by atomic mass is 31.2. The fourth-order valence-corrected chi connectivity index (χ4v) is 2.99. The lowest BCUT2D eigenvalue weighted by Crippen LogP contribution is -2.23. The zero-order valence-corrected chi connectivity index (χ0v) is 13.0. The summed E-state index contributed by atoms with van der Waals surface area (Å²) in [6.45, 7) is 10.8. The predicted octanol–water partition coefficient (Wildman–Crippen LogP) is 3.93. The molecule has 0 spiro atoms. The Morgan fingerprint density at radius 3 is 2.00 bits per heavy atom. The zero-order valence-electron chi connectivity index (χ0n) is 12.1. The third-order valence-corrected chi connectivity index (χ3v) is 4.39. The van der Waals surface area contributed by atoms with E-state index in [1.54, 1.807) is 33.8 Å². The molecule has 0 saturated heterocycles. The maximum absolute atomic E-state index is 12.4. The van der Waals surface area contributed by atoms with Gasteiger partial charge in [-0.05, 0) is 53.2 Å². The van der Waals surface area contributed by atoms with Gasteiger partial charge in [-0.3, -0.25) is 9.36 Å². The van der Waals surface area contributed by atoms with Crippen LogP contribution in [0.2, 0.25) is 0 Å². The molecule has 0 radical (unpaired) electrons. The molecule has 0 atom stereocenters. The maximum atomic E-state index is 12.4. The first-order valence-electron chi connectivity index (χ1n) is 6.04. The summed E-state index contributed by atoms with van der Waals surface area (Å²) in [6.07, 6.45) is 1.61. The highest BCUT2D eigenvalue weighted by Crippen LogP contribution is 2.54. The van der Waals surface area contributed by atoms with Gasteiger partial charge < -0.3 is 9.05 Å². The molecule has 4 nitrogen and oxygen atoms in total. The van der Waals surface area contributed by atoms with Crippen LogP contribution in [0.1, 0.15) is 41.5 Å². The Kier molecular flexibility index (Phi) is 6.80. The van der Waals surface area contributed by atoms with Gasteiger partial charge in [-0.1, -0.05) is 0 Å². The summed E-state index contributed by atoms with van der Waals surface area (Å²) in [4.78, 5) is 12.3. The second-order valence-electron chi connectivity index (χ2n) is 4.65. The molecule has 0 aromatic rings. The van der Waals surface area contributed by atoms with Crippen molar-refractivity contribution in [1.82, 2.24) is 0 Å². The van der Waals surface area contributed by atoms with Crippen molar-refractivity contribution in [3.8, 4) is 0 Å². The van der Waals surface area contributed by atoms with Crippen LogP contribution < -0.4 is 0 Å². The van der Waals surface area contributed by atoms with E-state index in [0.717, 1.165) is 5.57 Å². The minimum Gasteiger partial charge on any atom is -0.303 e. The topological polar surface area (TPSA) is 52.6 Å². The molecule has 0 heterocycles. The molecular formula is C13H23O4P. The van der Waals surface area contributed by atoms with E-state index >= 15 is 0 Å². The summed E-state index contributed by atoms with van der Waals surface area (Å²) in [5.74, 6) is 0. The van der Waals surface area contributed by atoms with Crippen molar-refractivity contribution in [2.45, 2.75) is 41.5 Å². The SMILES string of the molecule is CCOP(=O)(OCC)C(=O)C(C)(C)C=C=C(C)C. The molecule has 0 fully saturated rings. The van der Waals surface area contributed by atoms with Gasteiger partial charge in [0.2, 0.25) is 0 Å². The molecule has 0 amide bonds. The Labute approximate surface area is 110 Å². The molecule has 0 aliphatic rings. The van der Waals surface area contributed by atoms with Crippen molar-refractivity contribution < 1.29 is 18.4 Å². The third kappa shape index (κ3) is 4.91. The third-order valence-electron chi connectivity index (χ3n) is 2.12. The second kappa shape index (κ2) is 7.06. The van der Waals surface area contributed by atoms with E-state index in [1.165, 1.54) is 0 Å². The van der Waals surface area contributed by atoms with E-state index in [9.17, 15) is 9.36 Å². The minimum absolute atomic E-state index is 0.172. The number of rotatable bonds is 7. The first kappa shape index (κ1) is 17.3. The molecule has 0 saturated carbocycles. The van der Waals surface area contributed by atoms with Crippen molar-refractivity contribution >= 4 is 13.1 Å². The van der Waals surface area contributed by atoms with Gasteiger partial charge in [-0.25, -0.2) is 0 Å². The Morgan fingerprint density at radius 2 is 1.67 bits per heavy atom. The van der Waals surface area contributed by atoms with E-state index in [2.05, 4.69) is 5.73 Å². The van der Waals surface area contributed by atoms with Crippen LogP contribution in [0, 0.1) is 5.41 Å². The van der Waals surface area contributed by atoms with E-state index in [4.69, 9.17) is 9.05 Å². The standard InChI is InChI=1S/C13H23O4P/c1-7-16-18(15,17-8-2)12(14)13(5,6)10-9-11(3)4/h10H,7-8H2,1-6H3. The van der Waals surface area contributed by atoms with Gasteiger partial charge in [0.05, 0.1) is 18.6 Å². The lowest BCUT2D eigenvalue weighted by molar-refractivity contribution is -0.119. The molecule has 0 N–H and O–H groups in total. The van der Waals surface area contributed by atoms with Crippen LogP contribution >= 0.6 is 7.60 Å². The van der Waals surface area contributed by atoms with Crippen LogP contribution in [0.25, 0.3) is 0 Å². The fourth-order valence-electron chi connectivity index (χ4n) is 1.23. The maximum Gasteiger partial charge on any atom is 0.397 e. The smallest absolute Gasteiger partial charge is 0.303 e. The molecule has 0 aliphatic carbocycles. The normalized spacial score (nSPS) is 11.9. The van der Waals surface area contributed by atoms with Crippen LogP contribution in [0.3, 0.4) is 0 Å². The van der Waals surface area contributed by atoms with Gasteiger partial charge >= 0.3 is 7.60 Å². The summed E-state index contributed by atoms with van der Waals surface area (Å²) in [5, 5.41) is 0. The van der Waals surface area contributed by atoms with E-state index < -0.39 is 18.5 Å². The van der Waals surface area contributed by atoms with Crippen LogP contribution in [0.5, 0.6) is 0 Å². The number of carbonyl (C=O) groups excluding carboxylic acids is 1. The van der Waals surface area contributed by atoms with Gasteiger partial charge in [-0.2, -0.15) is 0 Å². The van der Waals surface area contributed by atoms with Crippen molar-refractivity contribution in [2.75, 3.05) is 13.2 Å². The summed E-state index contributed by atoms with van der Waals surface area (Å²) in [5.41, 5.74) is 2.44. The second-order valence-corrected chi connectivity index (χ2v) is 6.57. The largest absolute Gasteiger partial charge is 0.397 e. The van der Waals surface area contributed by atoms with Gasteiger partial charge in [0.1, 0.15) is 0 Å². The summed E-state index contributed by atoms with van der Waals surface area (Å²) >= 11 is 0. The van der Waals surface area contributed by atoms with Crippen molar-refractivity contribution in [2.24, 2.45) is 5.41 Å². The monoisotopic (exact) mass is 274 g/mol. The van der Waals surface area contributed by atoms with Gasteiger partial charge in [-0.15, -0.1) is 5.73 Å². The summed E-state index contributed by atoms with van der Waals surface area (Å²) in [6, 6.07) is 0. The summed E-state index contributed by atoms with van der Waals surface area (Å²) in [7, 11) is -3.71. The lowest BCUT2D eigenvalue weighted by atomic mass is 9.95. The molecule has 5 heteroatoms. The number of hydrogen-bond donors (Lipinski definition) is 0. The highest BCUT2D eigenvalue weighted by molar-refractivity contribution is 7.72. The molecule has 104 valence electrons. The average Bonchev–Trinajstić information content (AvgIpc) is 2.26. The average molecular weight is 274 g/mol. The zero-order chi connectivity index (χ0) is 14.4. The Morgan fingerprint density at radius 1 is 1.22 bits per heavy atom. The van der Waals surface area contributed by atoms with Crippen molar-refractivity contribution in [1.29, 1.82) is 0 Å². The van der Waals surface area contributed by atoms with E-state index in [1.807, 2.05) is 13.8 Å². The molecule has 0 unspecified atom stereocenters. The molecule has 0 bridgehead atoms. The molecule has 0 rings (SSSR count). The molecule has 0 aliphatic heterocycles. The van der Waals surface area contributed by atoms with Gasteiger partial charge in [0.15, 0.2) is 0 Å². The highest BCUT2D eigenvalue weighted by Gasteiger charge is 2.43. The molecule has 0 aromatic carbocycles. The van der Waals surface area contributed by atoms with Gasteiger partial charge in [0.25, 0.3) is 5.52 Å². The van der Waals surface area contributed by atoms with Crippen LogP contribution in [-0.4, -0.2) is 18.7 Å². The van der Waals surface area contributed by atoms with Crippen molar-refractivity contribution in [3.63, 3.8) is 0 Å². The summed E-state index contributed by atoms with van der Waals surface area (Å²) < 4.78 is 22.5. The molecule has 18 heavy (non-hydrogen) atoms. The van der Waals surface area contributed by atoms with E-state index in [0.29, 0.717) is 0 Å². The Balaban J connectivity index is 5.33. The predicted molar refractivity (Wildman–Crippen MR) is 72.6 cm³/mol.